The van der Waals surface area contributed by atoms with Gasteiger partial charge in [-0.1, -0.05) is 36.8 Å². The van der Waals surface area contributed by atoms with E-state index in [1.54, 1.807) is 0 Å². The van der Waals surface area contributed by atoms with Crippen LogP contribution in [0.15, 0.2) is 24.3 Å². The molecule has 3 heteroatoms. The summed E-state index contributed by atoms with van der Waals surface area (Å²) in [7, 11) is 0. The smallest absolute Gasteiger partial charge is 0.223 e. The van der Waals surface area contributed by atoms with Gasteiger partial charge in [0.2, 0.25) is 5.91 Å². The number of carbonyl (C=O) groups excluding carboxylic acids is 1. The third kappa shape index (κ3) is 4.64. The van der Waals surface area contributed by atoms with Crippen molar-refractivity contribution in [2.45, 2.75) is 39.7 Å². The second kappa shape index (κ2) is 7.44. The van der Waals surface area contributed by atoms with Gasteiger partial charge in [-0.05, 0) is 31.2 Å². The largest absolute Gasteiger partial charge is 0.343 e. The molecule has 1 aromatic carbocycles. The maximum absolute atomic E-state index is 12.0. The van der Waals surface area contributed by atoms with E-state index in [4.69, 9.17) is 0 Å². The van der Waals surface area contributed by atoms with Crippen molar-refractivity contribution in [3.05, 3.63) is 35.4 Å². The van der Waals surface area contributed by atoms with Gasteiger partial charge in [-0.3, -0.25) is 4.79 Å². The molecule has 1 saturated heterocycles. The van der Waals surface area contributed by atoms with E-state index in [9.17, 15) is 4.79 Å². The summed E-state index contributed by atoms with van der Waals surface area (Å²) >= 11 is 0. The van der Waals surface area contributed by atoms with Gasteiger partial charge in [-0.2, -0.15) is 0 Å². The minimum absolute atomic E-state index is 0.299. The van der Waals surface area contributed by atoms with Gasteiger partial charge in [0.25, 0.3) is 0 Å². The number of benzene rings is 1. The first-order valence-corrected chi connectivity index (χ1v) is 7.69. The van der Waals surface area contributed by atoms with E-state index in [0.29, 0.717) is 12.3 Å². The van der Waals surface area contributed by atoms with Gasteiger partial charge in [0.1, 0.15) is 0 Å². The highest BCUT2D eigenvalue weighted by atomic mass is 16.2. The molecular formula is C17H26N2O. The molecular weight excluding hydrogens is 248 g/mol. The fourth-order valence-corrected chi connectivity index (χ4v) is 2.55. The first kappa shape index (κ1) is 15.0. The lowest BCUT2D eigenvalue weighted by Crippen LogP contribution is -2.39. The fourth-order valence-electron chi connectivity index (χ4n) is 2.55. The standard InChI is InChI=1S/C17H26N2O/c1-14-3-5-16(6-4-14)13-18-10-7-17(20)19-11-8-15(2)9-12-19/h3-6,15,18H,7-13H2,1-2H3. The molecule has 0 radical (unpaired) electrons. The number of amides is 1. The summed E-state index contributed by atoms with van der Waals surface area (Å²) in [5.74, 6) is 1.08. The Hall–Kier alpha value is -1.35. The Balaban J connectivity index is 1.63. The molecule has 0 aliphatic carbocycles. The highest BCUT2D eigenvalue weighted by molar-refractivity contribution is 5.76. The fraction of sp³-hybridized carbons (Fsp3) is 0.588. The molecule has 0 aromatic heterocycles. The zero-order valence-electron chi connectivity index (χ0n) is 12.7. The van der Waals surface area contributed by atoms with Gasteiger partial charge < -0.3 is 10.2 Å². The first-order chi connectivity index (χ1) is 9.65. The van der Waals surface area contributed by atoms with Gasteiger partial charge in [-0.15, -0.1) is 0 Å². The van der Waals surface area contributed by atoms with E-state index in [1.807, 2.05) is 4.90 Å². The van der Waals surface area contributed by atoms with Crippen LogP contribution in [0.5, 0.6) is 0 Å². The lowest BCUT2D eigenvalue weighted by Gasteiger charge is -2.30. The summed E-state index contributed by atoms with van der Waals surface area (Å²) in [6.45, 7) is 7.85. The zero-order chi connectivity index (χ0) is 14.4. The van der Waals surface area contributed by atoms with Gasteiger partial charge in [0, 0.05) is 32.6 Å². The Morgan fingerprint density at radius 2 is 1.90 bits per heavy atom. The number of likely N-dealkylation sites (tertiary alicyclic amines) is 1. The van der Waals surface area contributed by atoms with Crippen molar-refractivity contribution >= 4 is 5.91 Å². The Kier molecular flexibility index (Phi) is 5.60. The predicted molar refractivity (Wildman–Crippen MR) is 82.5 cm³/mol. The number of nitrogens with zero attached hydrogens (tertiary/aromatic N) is 1. The molecule has 1 N–H and O–H groups in total. The molecule has 1 heterocycles. The van der Waals surface area contributed by atoms with Crippen LogP contribution in [-0.2, 0) is 11.3 Å². The molecule has 1 aliphatic heterocycles. The number of hydrogen-bond acceptors (Lipinski definition) is 2. The number of hydrogen-bond donors (Lipinski definition) is 1. The van der Waals surface area contributed by atoms with Crippen LogP contribution in [0.4, 0.5) is 0 Å². The van der Waals surface area contributed by atoms with Crippen LogP contribution in [0, 0.1) is 12.8 Å². The predicted octanol–water partition coefficient (Wildman–Crippen LogP) is 2.73. The highest BCUT2D eigenvalue weighted by Gasteiger charge is 2.19. The van der Waals surface area contributed by atoms with Crippen LogP contribution in [0.2, 0.25) is 0 Å². The lowest BCUT2D eigenvalue weighted by atomic mass is 9.99. The van der Waals surface area contributed by atoms with Crippen molar-refractivity contribution in [1.82, 2.24) is 10.2 Å². The quantitative estimate of drug-likeness (QED) is 0.837. The van der Waals surface area contributed by atoms with Crippen molar-refractivity contribution in [1.29, 1.82) is 0 Å². The molecule has 110 valence electrons. The molecule has 1 aliphatic rings. The molecule has 3 nitrogen and oxygen atoms in total. The molecule has 1 aromatic rings. The number of aryl methyl sites for hydroxylation is 1. The molecule has 0 spiro atoms. The van der Waals surface area contributed by atoms with Gasteiger partial charge in [0.05, 0.1) is 0 Å². The monoisotopic (exact) mass is 274 g/mol. The van der Waals surface area contributed by atoms with Crippen molar-refractivity contribution < 1.29 is 4.79 Å². The van der Waals surface area contributed by atoms with Gasteiger partial charge in [-0.25, -0.2) is 0 Å². The number of piperidine rings is 1. The maximum Gasteiger partial charge on any atom is 0.223 e. The van der Waals surface area contributed by atoms with Crippen LogP contribution in [0.1, 0.15) is 37.3 Å². The molecule has 0 saturated carbocycles. The minimum Gasteiger partial charge on any atom is -0.343 e. The van der Waals surface area contributed by atoms with Crippen molar-refractivity contribution in [2.24, 2.45) is 5.92 Å². The Morgan fingerprint density at radius 1 is 1.25 bits per heavy atom. The van der Waals surface area contributed by atoms with Gasteiger partial charge >= 0.3 is 0 Å². The van der Waals surface area contributed by atoms with Crippen molar-refractivity contribution in [3.63, 3.8) is 0 Å². The second-order valence-electron chi connectivity index (χ2n) is 5.98. The zero-order valence-corrected chi connectivity index (χ0v) is 12.7. The summed E-state index contributed by atoms with van der Waals surface area (Å²) < 4.78 is 0. The van der Waals surface area contributed by atoms with E-state index in [-0.39, 0.29) is 0 Å². The summed E-state index contributed by atoms with van der Waals surface area (Å²) in [4.78, 5) is 14.1. The Bertz CT molecular complexity index is 419. The average Bonchev–Trinajstić information content (AvgIpc) is 2.46. The summed E-state index contributed by atoms with van der Waals surface area (Å²) in [5, 5.41) is 3.35. The third-order valence-corrected chi connectivity index (χ3v) is 4.10. The minimum atomic E-state index is 0.299. The molecule has 0 bridgehead atoms. The second-order valence-corrected chi connectivity index (χ2v) is 5.98. The molecule has 1 fully saturated rings. The molecule has 20 heavy (non-hydrogen) atoms. The SMILES string of the molecule is Cc1ccc(CNCCC(=O)N2CCC(C)CC2)cc1. The Morgan fingerprint density at radius 3 is 2.55 bits per heavy atom. The Labute approximate surface area is 122 Å². The molecule has 0 atom stereocenters. The number of nitrogens with one attached hydrogen (secondary N) is 1. The van der Waals surface area contributed by atoms with E-state index in [1.165, 1.54) is 11.1 Å². The highest BCUT2D eigenvalue weighted by Crippen LogP contribution is 2.16. The molecule has 0 unspecified atom stereocenters. The van der Waals surface area contributed by atoms with Crippen LogP contribution >= 0.6 is 0 Å². The normalized spacial score (nSPS) is 16.4. The van der Waals surface area contributed by atoms with Crippen LogP contribution in [-0.4, -0.2) is 30.4 Å². The average molecular weight is 274 g/mol. The summed E-state index contributed by atoms with van der Waals surface area (Å²) in [6, 6.07) is 8.51. The first-order valence-electron chi connectivity index (χ1n) is 7.69. The van der Waals surface area contributed by atoms with E-state index in [2.05, 4.69) is 43.4 Å². The lowest BCUT2D eigenvalue weighted by molar-refractivity contribution is -0.132. The van der Waals surface area contributed by atoms with Crippen LogP contribution in [0.3, 0.4) is 0 Å². The van der Waals surface area contributed by atoms with Crippen LogP contribution in [0.25, 0.3) is 0 Å². The van der Waals surface area contributed by atoms with Crippen LogP contribution < -0.4 is 5.32 Å². The topological polar surface area (TPSA) is 32.3 Å². The van der Waals surface area contributed by atoms with Crippen molar-refractivity contribution in [3.8, 4) is 0 Å². The maximum atomic E-state index is 12.0. The molecule has 1 amide bonds. The molecule has 2 rings (SSSR count). The van der Waals surface area contributed by atoms with E-state index >= 15 is 0 Å². The van der Waals surface area contributed by atoms with E-state index in [0.717, 1.165) is 44.9 Å². The number of carbonyl (C=O) groups is 1. The third-order valence-electron chi connectivity index (χ3n) is 4.10. The summed E-state index contributed by atoms with van der Waals surface area (Å²) in [6.07, 6.45) is 2.92. The van der Waals surface area contributed by atoms with Crippen molar-refractivity contribution in [2.75, 3.05) is 19.6 Å². The summed E-state index contributed by atoms with van der Waals surface area (Å²) in [5.41, 5.74) is 2.55. The van der Waals surface area contributed by atoms with Gasteiger partial charge in [0.15, 0.2) is 0 Å². The number of rotatable bonds is 5. The van der Waals surface area contributed by atoms with E-state index < -0.39 is 0 Å².